The highest BCUT2D eigenvalue weighted by Crippen LogP contribution is 2.30. The van der Waals surface area contributed by atoms with Crippen LogP contribution >= 0.6 is 11.6 Å². The molecule has 1 heterocycles. The van der Waals surface area contributed by atoms with Gasteiger partial charge in [-0.2, -0.15) is 5.10 Å². The van der Waals surface area contributed by atoms with E-state index in [-0.39, 0.29) is 11.9 Å². The van der Waals surface area contributed by atoms with Crippen molar-refractivity contribution in [2.24, 2.45) is 0 Å². The maximum atomic E-state index is 9.82. The Labute approximate surface area is 129 Å². The van der Waals surface area contributed by atoms with E-state index in [1.165, 1.54) is 19.3 Å². The average Bonchev–Trinajstić information content (AvgIpc) is 2.84. The fraction of sp³-hybridized carbons (Fsp3) is 0.438. The van der Waals surface area contributed by atoms with E-state index < -0.39 is 0 Å². The number of rotatable bonds is 4. The zero-order chi connectivity index (χ0) is 14.7. The Morgan fingerprint density at radius 3 is 2.76 bits per heavy atom. The van der Waals surface area contributed by atoms with E-state index >= 15 is 0 Å². The third kappa shape index (κ3) is 3.32. The lowest BCUT2D eigenvalue weighted by Crippen LogP contribution is -2.19. The summed E-state index contributed by atoms with van der Waals surface area (Å²) in [6.45, 7) is 0.430. The maximum Gasteiger partial charge on any atom is 0.176 e. The molecule has 0 amide bonds. The van der Waals surface area contributed by atoms with Crippen molar-refractivity contribution in [1.82, 2.24) is 9.78 Å². The van der Waals surface area contributed by atoms with E-state index in [9.17, 15) is 5.11 Å². The monoisotopic (exact) mass is 306 g/mol. The number of ether oxygens (including phenoxy) is 1. The number of halogens is 1. The van der Waals surface area contributed by atoms with Crippen LogP contribution in [0, 0.1) is 0 Å². The quantitative estimate of drug-likeness (QED) is 0.928. The summed E-state index contributed by atoms with van der Waals surface area (Å²) in [6.07, 6.45) is 7.81. The van der Waals surface area contributed by atoms with Crippen LogP contribution in [0.15, 0.2) is 30.5 Å². The molecule has 0 radical (unpaired) electrons. The normalized spacial score (nSPS) is 16.0. The molecule has 0 unspecified atom stereocenters. The first kappa shape index (κ1) is 14.3. The molecule has 21 heavy (non-hydrogen) atoms. The summed E-state index contributed by atoms with van der Waals surface area (Å²) in [7, 11) is 0. The summed E-state index contributed by atoms with van der Waals surface area (Å²) in [5.41, 5.74) is 0.784. The minimum absolute atomic E-state index is 0.249. The molecule has 0 aliphatic heterocycles. The van der Waals surface area contributed by atoms with Crippen LogP contribution in [-0.2, 0) is 6.54 Å². The average molecular weight is 307 g/mol. The smallest absolute Gasteiger partial charge is 0.176 e. The van der Waals surface area contributed by atoms with Crippen molar-refractivity contribution in [3.05, 3.63) is 41.2 Å². The van der Waals surface area contributed by atoms with Crippen molar-refractivity contribution in [3.8, 4) is 11.5 Å². The van der Waals surface area contributed by atoms with Gasteiger partial charge in [-0.15, -0.1) is 0 Å². The highest BCUT2D eigenvalue weighted by Gasteiger charge is 2.18. The molecule has 1 aliphatic rings. The standard InChI is InChI=1S/C16H19ClN2O2/c17-16-15(21-13-7-2-1-3-8-13)10-18-19(16)11-12-6-4-5-9-14(12)20/h4-6,9-10,13,20H,1-3,7-8,11H2. The second-order valence-corrected chi connectivity index (χ2v) is 5.82. The van der Waals surface area contributed by atoms with E-state index in [2.05, 4.69) is 5.10 Å². The Balaban J connectivity index is 1.71. The molecule has 0 atom stereocenters. The summed E-state index contributed by atoms with van der Waals surface area (Å²) in [6, 6.07) is 7.19. The van der Waals surface area contributed by atoms with Crippen LogP contribution in [0.25, 0.3) is 0 Å². The number of aromatic hydroxyl groups is 1. The van der Waals surface area contributed by atoms with E-state index in [0.29, 0.717) is 17.4 Å². The van der Waals surface area contributed by atoms with Crippen LogP contribution in [0.1, 0.15) is 37.7 Å². The number of hydrogen-bond donors (Lipinski definition) is 1. The van der Waals surface area contributed by atoms with Gasteiger partial charge in [0.25, 0.3) is 0 Å². The van der Waals surface area contributed by atoms with Crippen molar-refractivity contribution in [2.45, 2.75) is 44.8 Å². The molecule has 0 bridgehead atoms. The fourth-order valence-electron chi connectivity index (χ4n) is 2.71. The molecule has 1 fully saturated rings. The summed E-state index contributed by atoms with van der Waals surface area (Å²) in [5, 5.41) is 14.6. The number of benzene rings is 1. The van der Waals surface area contributed by atoms with E-state index in [1.54, 1.807) is 23.0 Å². The van der Waals surface area contributed by atoms with Crippen molar-refractivity contribution in [1.29, 1.82) is 0 Å². The number of phenols is 1. The lowest BCUT2D eigenvalue weighted by atomic mass is 9.98. The lowest BCUT2D eigenvalue weighted by molar-refractivity contribution is 0.155. The molecule has 0 saturated heterocycles. The SMILES string of the molecule is Oc1ccccc1Cn1ncc(OC2CCCCC2)c1Cl. The van der Waals surface area contributed by atoms with Gasteiger partial charge in [0.05, 0.1) is 18.8 Å². The first-order chi connectivity index (χ1) is 10.2. The zero-order valence-corrected chi connectivity index (χ0v) is 12.6. The van der Waals surface area contributed by atoms with Gasteiger partial charge < -0.3 is 9.84 Å². The van der Waals surface area contributed by atoms with Gasteiger partial charge in [-0.25, -0.2) is 4.68 Å². The third-order valence-corrected chi connectivity index (χ3v) is 4.28. The minimum Gasteiger partial charge on any atom is -0.508 e. The number of phenolic OH excluding ortho intramolecular Hbond substituents is 1. The van der Waals surface area contributed by atoms with Gasteiger partial charge in [0.15, 0.2) is 10.9 Å². The summed E-state index contributed by atoms with van der Waals surface area (Å²) in [5.74, 6) is 0.887. The van der Waals surface area contributed by atoms with Crippen LogP contribution in [-0.4, -0.2) is 21.0 Å². The van der Waals surface area contributed by atoms with Gasteiger partial charge in [-0.3, -0.25) is 0 Å². The molecule has 112 valence electrons. The molecular weight excluding hydrogens is 288 g/mol. The van der Waals surface area contributed by atoms with Crippen molar-refractivity contribution in [3.63, 3.8) is 0 Å². The molecule has 1 aromatic carbocycles. The number of hydrogen-bond acceptors (Lipinski definition) is 3. The minimum atomic E-state index is 0.249. The number of nitrogens with zero attached hydrogens (tertiary/aromatic N) is 2. The topological polar surface area (TPSA) is 47.3 Å². The largest absolute Gasteiger partial charge is 0.508 e. The molecule has 2 aromatic rings. The summed E-state index contributed by atoms with van der Waals surface area (Å²) in [4.78, 5) is 0. The summed E-state index contributed by atoms with van der Waals surface area (Å²) < 4.78 is 7.60. The van der Waals surface area contributed by atoms with Gasteiger partial charge in [0, 0.05) is 5.56 Å². The van der Waals surface area contributed by atoms with Crippen LogP contribution in [0.2, 0.25) is 5.15 Å². The Kier molecular flexibility index (Phi) is 4.34. The van der Waals surface area contributed by atoms with Gasteiger partial charge >= 0.3 is 0 Å². The van der Waals surface area contributed by atoms with Crippen LogP contribution in [0.5, 0.6) is 11.5 Å². The molecule has 1 aliphatic carbocycles. The number of aromatic nitrogens is 2. The van der Waals surface area contributed by atoms with Gasteiger partial charge in [-0.1, -0.05) is 36.2 Å². The molecule has 0 spiro atoms. The van der Waals surface area contributed by atoms with Crippen LogP contribution in [0.3, 0.4) is 0 Å². The first-order valence-corrected chi connectivity index (χ1v) is 7.76. The van der Waals surface area contributed by atoms with Crippen molar-refractivity contribution in [2.75, 3.05) is 0 Å². The van der Waals surface area contributed by atoms with E-state index in [4.69, 9.17) is 16.3 Å². The summed E-state index contributed by atoms with van der Waals surface area (Å²) >= 11 is 6.34. The van der Waals surface area contributed by atoms with Gasteiger partial charge in [0.2, 0.25) is 0 Å². The van der Waals surface area contributed by atoms with Gasteiger partial charge in [0.1, 0.15) is 5.75 Å². The van der Waals surface area contributed by atoms with E-state index in [0.717, 1.165) is 18.4 Å². The second kappa shape index (κ2) is 6.39. The molecule has 1 N–H and O–H groups in total. The maximum absolute atomic E-state index is 9.82. The van der Waals surface area contributed by atoms with E-state index in [1.807, 2.05) is 12.1 Å². The van der Waals surface area contributed by atoms with Crippen LogP contribution in [0.4, 0.5) is 0 Å². The molecule has 5 heteroatoms. The van der Waals surface area contributed by atoms with Crippen molar-refractivity contribution >= 4 is 11.6 Å². The Morgan fingerprint density at radius 2 is 2.00 bits per heavy atom. The Morgan fingerprint density at radius 1 is 1.24 bits per heavy atom. The fourth-order valence-corrected chi connectivity index (χ4v) is 2.91. The number of para-hydroxylation sites is 1. The predicted octanol–water partition coefficient (Wildman–Crippen LogP) is 4.00. The molecule has 1 saturated carbocycles. The highest BCUT2D eigenvalue weighted by atomic mass is 35.5. The first-order valence-electron chi connectivity index (χ1n) is 7.39. The molecule has 4 nitrogen and oxygen atoms in total. The molecule has 3 rings (SSSR count). The van der Waals surface area contributed by atoms with Crippen LogP contribution < -0.4 is 4.74 Å². The Hall–Kier alpha value is -1.68. The zero-order valence-electron chi connectivity index (χ0n) is 11.8. The van der Waals surface area contributed by atoms with Gasteiger partial charge in [-0.05, 0) is 31.7 Å². The van der Waals surface area contributed by atoms with Crippen molar-refractivity contribution < 1.29 is 9.84 Å². The second-order valence-electron chi connectivity index (χ2n) is 5.46. The Bertz CT molecular complexity index is 606. The molecular formula is C16H19ClN2O2. The lowest BCUT2D eigenvalue weighted by Gasteiger charge is -2.22. The molecule has 1 aromatic heterocycles. The third-order valence-electron chi connectivity index (χ3n) is 3.90. The predicted molar refractivity (Wildman–Crippen MR) is 81.9 cm³/mol. The highest BCUT2D eigenvalue weighted by molar-refractivity contribution is 6.31.